The molecule has 1 heterocycles. The largest absolute Gasteiger partial charge is 0.480 e. The van der Waals surface area contributed by atoms with E-state index in [1.807, 2.05) is 36.4 Å². The summed E-state index contributed by atoms with van der Waals surface area (Å²) in [4.78, 5) is 27.3. The van der Waals surface area contributed by atoms with Gasteiger partial charge >= 0.3 is 5.97 Å². The minimum absolute atomic E-state index is 0.0812. The number of hydrogen-bond acceptors (Lipinski definition) is 3. The first-order chi connectivity index (χ1) is 16.8. The fourth-order valence-corrected chi connectivity index (χ4v) is 4.42. The van der Waals surface area contributed by atoms with Crippen LogP contribution in [0.2, 0.25) is 15.1 Å². The van der Waals surface area contributed by atoms with Crippen LogP contribution in [0.1, 0.15) is 21.7 Å². The number of benzene rings is 3. The summed E-state index contributed by atoms with van der Waals surface area (Å²) in [6.45, 7) is -0.0812. The predicted molar refractivity (Wildman–Crippen MR) is 137 cm³/mol. The molecule has 1 aromatic heterocycles. The van der Waals surface area contributed by atoms with Gasteiger partial charge in [0.1, 0.15) is 17.6 Å². The fourth-order valence-electron chi connectivity index (χ4n) is 3.74. The van der Waals surface area contributed by atoms with E-state index in [0.29, 0.717) is 21.6 Å². The van der Waals surface area contributed by atoms with Crippen molar-refractivity contribution in [2.24, 2.45) is 0 Å². The second-order valence-electron chi connectivity index (χ2n) is 7.88. The second-order valence-corrected chi connectivity index (χ2v) is 9.16. The van der Waals surface area contributed by atoms with Crippen LogP contribution in [0.15, 0.2) is 89.3 Å². The molecule has 8 heteroatoms. The van der Waals surface area contributed by atoms with Crippen molar-refractivity contribution in [3.8, 4) is 11.3 Å². The van der Waals surface area contributed by atoms with E-state index in [4.69, 9.17) is 39.2 Å². The van der Waals surface area contributed by atoms with Crippen LogP contribution in [0.4, 0.5) is 0 Å². The number of hydrogen-bond donors (Lipinski definition) is 1. The summed E-state index contributed by atoms with van der Waals surface area (Å²) in [5.74, 6) is -0.725. The SMILES string of the molecule is O=C(O)[C@H](Cc1ccccc1)N(Cc1ccc(-c2cccc(Cl)c2)o1)C(=O)c1ccc(Cl)cc1Cl. The first-order valence-corrected chi connectivity index (χ1v) is 11.8. The predicted octanol–water partition coefficient (Wildman–Crippen LogP) is 7.25. The first kappa shape index (κ1) is 24.9. The zero-order valence-electron chi connectivity index (χ0n) is 18.3. The lowest BCUT2D eigenvalue weighted by Crippen LogP contribution is -2.46. The molecule has 3 aromatic carbocycles. The standard InChI is InChI=1S/C27H20Cl3NO4/c28-19-8-4-7-18(14-19)25-12-10-21(35-25)16-31(26(32)22-11-9-20(29)15-23(22)30)24(27(33)34)13-17-5-2-1-3-6-17/h1-12,14-15,24H,13,16H2,(H,33,34)/t24-/m0/s1. The number of halogens is 3. The molecule has 4 rings (SSSR count). The Labute approximate surface area is 217 Å². The minimum atomic E-state index is -1.17. The molecular formula is C27H20Cl3NO4. The van der Waals surface area contributed by atoms with Gasteiger partial charge in [0.15, 0.2) is 0 Å². The van der Waals surface area contributed by atoms with Crippen LogP contribution in [0.25, 0.3) is 11.3 Å². The summed E-state index contributed by atoms with van der Waals surface area (Å²) in [5, 5.41) is 11.2. The Hall–Kier alpha value is -3.25. The summed E-state index contributed by atoms with van der Waals surface area (Å²) >= 11 is 18.4. The third-order valence-electron chi connectivity index (χ3n) is 5.45. The molecule has 0 saturated heterocycles. The lowest BCUT2D eigenvalue weighted by molar-refractivity contribution is -0.142. The molecule has 0 saturated carbocycles. The molecule has 0 aliphatic rings. The highest BCUT2D eigenvalue weighted by molar-refractivity contribution is 6.36. The molecule has 4 aromatic rings. The average molecular weight is 529 g/mol. The Morgan fingerprint density at radius 1 is 0.857 bits per heavy atom. The Kier molecular flexibility index (Phi) is 7.81. The van der Waals surface area contributed by atoms with Crippen LogP contribution in [-0.2, 0) is 17.8 Å². The summed E-state index contributed by atoms with van der Waals surface area (Å²) in [5.41, 5.74) is 1.69. The Bertz CT molecular complexity index is 1350. The van der Waals surface area contributed by atoms with Crippen molar-refractivity contribution >= 4 is 46.7 Å². The Balaban J connectivity index is 1.70. The van der Waals surface area contributed by atoms with Crippen LogP contribution in [0.5, 0.6) is 0 Å². The maximum atomic E-state index is 13.6. The number of aliphatic carboxylic acids is 1. The molecule has 0 radical (unpaired) electrons. The van der Waals surface area contributed by atoms with E-state index < -0.39 is 17.9 Å². The van der Waals surface area contributed by atoms with E-state index >= 15 is 0 Å². The van der Waals surface area contributed by atoms with Crippen molar-refractivity contribution in [3.63, 3.8) is 0 Å². The van der Waals surface area contributed by atoms with E-state index in [-0.39, 0.29) is 23.6 Å². The fraction of sp³-hybridized carbons (Fsp3) is 0.111. The third kappa shape index (κ3) is 6.06. The summed E-state index contributed by atoms with van der Waals surface area (Å²) < 4.78 is 5.97. The highest BCUT2D eigenvalue weighted by Crippen LogP contribution is 2.28. The Morgan fingerprint density at radius 3 is 2.29 bits per heavy atom. The molecule has 0 fully saturated rings. The number of amides is 1. The van der Waals surface area contributed by atoms with Gasteiger partial charge in [-0.15, -0.1) is 0 Å². The van der Waals surface area contributed by atoms with Gasteiger partial charge in [0.25, 0.3) is 5.91 Å². The maximum Gasteiger partial charge on any atom is 0.326 e. The van der Waals surface area contributed by atoms with Gasteiger partial charge in [0, 0.05) is 22.0 Å². The van der Waals surface area contributed by atoms with Crippen molar-refractivity contribution in [1.82, 2.24) is 4.90 Å². The van der Waals surface area contributed by atoms with Crippen molar-refractivity contribution in [2.75, 3.05) is 0 Å². The molecule has 1 atom stereocenters. The number of carboxylic acids is 1. The van der Waals surface area contributed by atoms with Gasteiger partial charge in [-0.05, 0) is 48.0 Å². The molecule has 0 unspecified atom stereocenters. The zero-order chi connectivity index (χ0) is 24.9. The molecular weight excluding hydrogens is 509 g/mol. The molecule has 0 aliphatic carbocycles. The van der Waals surface area contributed by atoms with Crippen LogP contribution < -0.4 is 0 Å². The van der Waals surface area contributed by atoms with Gasteiger partial charge in [-0.25, -0.2) is 4.79 Å². The molecule has 0 aliphatic heterocycles. The van der Waals surface area contributed by atoms with E-state index in [1.165, 1.54) is 23.1 Å². The minimum Gasteiger partial charge on any atom is -0.480 e. The van der Waals surface area contributed by atoms with Gasteiger partial charge in [0.05, 0.1) is 17.1 Å². The molecule has 1 amide bonds. The van der Waals surface area contributed by atoms with Crippen LogP contribution in [0.3, 0.4) is 0 Å². The highest BCUT2D eigenvalue weighted by atomic mass is 35.5. The van der Waals surface area contributed by atoms with E-state index in [0.717, 1.165) is 11.1 Å². The number of nitrogens with zero attached hydrogens (tertiary/aromatic N) is 1. The van der Waals surface area contributed by atoms with Crippen molar-refractivity contribution in [1.29, 1.82) is 0 Å². The van der Waals surface area contributed by atoms with Crippen molar-refractivity contribution in [3.05, 3.63) is 117 Å². The van der Waals surface area contributed by atoms with Crippen molar-refractivity contribution < 1.29 is 19.1 Å². The highest BCUT2D eigenvalue weighted by Gasteiger charge is 2.32. The first-order valence-electron chi connectivity index (χ1n) is 10.7. The number of carbonyl (C=O) groups excluding carboxylic acids is 1. The molecule has 35 heavy (non-hydrogen) atoms. The lowest BCUT2D eigenvalue weighted by atomic mass is 10.0. The van der Waals surface area contributed by atoms with Crippen molar-refractivity contribution in [2.45, 2.75) is 19.0 Å². The van der Waals surface area contributed by atoms with Crippen LogP contribution >= 0.6 is 34.8 Å². The Morgan fingerprint density at radius 2 is 1.60 bits per heavy atom. The molecule has 178 valence electrons. The van der Waals surface area contributed by atoms with E-state index in [9.17, 15) is 14.7 Å². The summed E-state index contributed by atoms with van der Waals surface area (Å²) in [6, 6.07) is 23.1. The lowest BCUT2D eigenvalue weighted by Gasteiger charge is -2.29. The molecule has 0 spiro atoms. The van der Waals surface area contributed by atoms with Gasteiger partial charge in [-0.1, -0.05) is 77.3 Å². The summed E-state index contributed by atoms with van der Waals surface area (Å²) in [6.07, 6.45) is 0.106. The quantitative estimate of drug-likeness (QED) is 0.262. The maximum absolute atomic E-state index is 13.6. The smallest absolute Gasteiger partial charge is 0.326 e. The number of furan rings is 1. The third-order valence-corrected chi connectivity index (χ3v) is 6.24. The van der Waals surface area contributed by atoms with Gasteiger partial charge in [-0.2, -0.15) is 0 Å². The van der Waals surface area contributed by atoms with Gasteiger partial charge < -0.3 is 14.4 Å². The number of carboxylic acid groups (broad SMARTS) is 1. The summed E-state index contributed by atoms with van der Waals surface area (Å²) in [7, 11) is 0. The number of rotatable bonds is 8. The zero-order valence-corrected chi connectivity index (χ0v) is 20.6. The molecule has 1 N–H and O–H groups in total. The van der Waals surface area contributed by atoms with E-state index in [1.54, 1.807) is 30.3 Å². The second kappa shape index (κ2) is 11.0. The van der Waals surface area contributed by atoms with Gasteiger partial charge in [0.2, 0.25) is 0 Å². The van der Waals surface area contributed by atoms with E-state index in [2.05, 4.69) is 0 Å². The normalized spacial score (nSPS) is 11.7. The van der Waals surface area contributed by atoms with Crippen LogP contribution in [-0.4, -0.2) is 27.9 Å². The van der Waals surface area contributed by atoms with Crippen LogP contribution in [0, 0.1) is 0 Å². The monoisotopic (exact) mass is 527 g/mol. The average Bonchev–Trinajstić information content (AvgIpc) is 3.30. The van der Waals surface area contributed by atoms with Gasteiger partial charge in [-0.3, -0.25) is 4.79 Å². The topological polar surface area (TPSA) is 70.8 Å². The molecule has 5 nitrogen and oxygen atoms in total. The number of carbonyl (C=O) groups is 2. The molecule has 0 bridgehead atoms.